The summed E-state index contributed by atoms with van der Waals surface area (Å²) in [5.41, 5.74) is 7.69. The van der Waals surface area contributed by atoms with E-state index in [4.69, 9.17) is 5.73 Å². The fraction of sp³-hybridized carbons (Fsp3) is 0.692. The van der Waals surface area contributed by atoms with Gasteiger partial charge in [-0.3, -0.25) is 9.48 Å². The van der Waals surface area contributed by atoms with Crippen LogP contribution in [0.3, 0.4) is 0 Å². The maximum Gasteiger partial charge on any atom is 0.274 e. The van der Waals surface area contributed by atoms with Crippen molar-refractivity contribution in [2.45, 2.75) is 27.2 Å². The Bertz CT molecular complexity index is 464. The molecule has 1 aromatic rings. The summed E-state index contributed by atoms with van der Waals surface area (Å²) in [6.45, 7) is 7.90. The van der Waals surface area contributed by atoms with Crippen molar-refractivity contribution in [3.63, 3.8) is 0 Å². The van der Waals surface area contributed by atoms with E-state index in [9.17, 15) is 4.79 Å². The second-order valence-electron chi connectivity index (χ2n) is 5.52. The second-order valence-corrected chi connectivity index (χ2v) is 5.52. The van der Waals surface area contributed by atoms with Crippen molar-refractivity contribution in [3.05, 3.63) is 11.4 Å². The van der Waals surface area contributed by atoms with Gasteiger partial charge in [0, 0.05) is 20.1 Å². The molecule has 0 radical (unpaired) electrons. The molecule has 1 fully saturated rings. The minimum atomic E-state index is 0.0127. The van der Waals surface area contributed by atoms with Crippen LogP contribution >= 0.6 is 0 Å². The van der Waals surface area contributed by atoms with Gasteiger partial charge in [0.25, 0.3) is 5.91 Å². The summed E-state index contributed by atoms with van der Waals surface area (Å²) < 4.78 is 1.59. The highest BCUT2D eigenvalue weighted by Crippen LogP contribution is 2.26. The van der Waals surface area contributed by atoms with Crippen LogP contribution in [0.25, 0.3) is 0 Å². The minimum Gasteiger partial charge on any atom is -0.395 e. The Morgan fingerprint density at radius 3 is 2.61 bits per heavy atom. The number of hydrogen-bond acceptors (Lipinski definition) is 3. The van der Waals surface area contributed by atoms with Crippen molar-refractivity contribution in [2.24, 2.45) is 18.9 Å². The van der Waals surface area contributed by atoms with Crippen LogP contribution in [0.15, 0.2) is 0 Å². The maximum atomic E-state index is 12.5. The molecule has 100 valence electrons. The standard InChI is InChI=1S/C13H22N4O/c1-8(2)10-5-6-17(7-10)13(18)12-11(14)9(3)15-16(12)4/h8,10H,5-7,14H2,1-4H3. The molecule has 0 saturated carbocycles. The van der Waals surface area contributed by atoms with Gasteiger partial charge in [-0.05, 0) is 25.2 Å². The number of aryl methyl sites for hydroxylation is 2. The number of carbonyl (C=O) groups excluding carboxylic acids is 1. The predicted molar refractivity (Wildman–Crippen MR) is 71.2 cm³/mol. The maximum absolute atomic E-state index is 12.5. The van der Waals surface area contributed by atoms with E-state index in [1.807, 2.05) is 11.8 Å². The van der Waals surface area contributed by atoms with Gasteiger partial charge in [-0.2, -0.15) is 5.10 Å². The highest BCUT2D eigenvalue weighted by Gasteiger charge is 2.31. The van der Waals surface area contributed by atoms with Crippen molar-refractivity contribution < 1.29 is 4.79 Å². The number of likely N-dealkylation sites (tertiary alicyclic amines) is 1. The second kappa shape index (κ2) is 4.63. The van der Waals surface area contributed by atoms with Crippen LogP contribution in [0.1, 0.15) is 36.5 Å². The molecule has 5 nitrogen and oxygen atoms in total. The highest BCUT2D eigenvalue weighted by atomic mass is 16.2. The molecule has 0 spiro atoms. The summed E-state index contributed by atoms with van der Waals surface area (Å²) >= 11 is 0. The molecule has 1 aromatic heterocycles. The zero-order valence-electron chi connectivity index (χ0n) is 11.6. The Hall–Kier alpha value is -1.52. The van der Waals surface area contributed by atoms with E-state index in [-0.39, 0.29) is 5.91 Å². The first kappa shape index (κ1) is 12.9. The first-order valence-electron chi connectivity index (χ1n) is 6.50. The zero-order valence-corrected chi connectivity index (χ0v) is 11.6. The molecule has 2 rings (SSSR count). The van der Waals surface area contributed by atoms with Gasteiger partial charge in [0.15, 0.2) is 0 Å². The monoisotopic (exact) mass is 250 g/mol. The van der Waals surface area contributed by atoms with Crippen molar-refractivity contribution >= 4 is 11.6 Å². The van der Waals surface area contributed by atoms with Crippen LogP contribution in [0.4, 0.5) is 5.69 Å². The van der Waals surface area contributed by atoms with Gasteiger partial charge in [0.1, 0.15) is 5.69 Å². The lowest BCUT2D eigenvalue weighted by Crippen LogP contribution is -2.31. The van der Waals surface area contributed by atoms with Gasteiger partial charge in [0.05, 0.1) is 11.4 Å². The number of nitrogens with zero attached hydrogens (tertiary/aromatic N) is 3. The number of rotatable bonds is 2. The van der Waals surface area contributed by atoms with Gasteiger partial charge in [-0.15, -0.1) is 0 Å². The van der Waals surface area contributed by atoms with Gasteiger partial charge in [-0.25, -0.2) is 0 Å². The van der Waals surface area contributed by atoms with Gasteiger partial charge >= 0.3 is 0 Å². The fourth-order valence-electron chi connectivity index (χ4n) is 2.59. The van der Waals surface area contributed by atoms with E-state index in [0.717, 1.165) is 25.2 Å². The quantitative estimate of drug-likeness (QED) is 0.863. The van der Waals surface area contributed by atoms with E-state index < -0.39 is 0 Å². The molecule has 1 saturated heterocycles. The summed E-state index contributed by atoms with van der Waals surface area (Å²) in [7, 11) is 1.77. The molecule has 18 heavy (non-hydrogen) atoms. The van der Waals surface area contributed by atoms with Crippen LogP contribution in [0.2, 0.25) is 0 Å². The lowest BCUT2D eigenvalue weighted by atomic mass is 9.95. The molecule has 0 aliphatic carbocycles. The summed E-state index contributed by atoms with van der Waals surface area (Å²) in [4.78, 5) is 14.4. The van der Waals surface area contributed by atoms with Crippen LogP contribution in [0, 0.1) is 18.8 Å². The van der Waals surface area contributed by atoms with Crippen molar-refractivity contribution in [2.75, 3.05) is 18.8 Å². The van der Waals surface area contributed by atoms with E-state index in [1.165, 1.54) is 0 Å². The van der Waals surface area contributed by atoms with Gasteiger partial charge in [-0.1, -0.05) is 13.8 Å². The highest BCUT2D eigenvalue weighted by molar-refractivity contribution is 5.98. The lowest BCUT2D eigenvalue weighted by molar-refractivity contribution is 0.0774. The number of amides is 1. The topological polar surface area (TPSA) is 64.2 Å². The number of anilines is 1. The zero-order chi connectivity index (χ0) is 13.4. The fourth-order valence-corrected chi connectivity index (χ4v) is 2.59. The average molecular weight is 250 g/mol. The Labute approximate surface area is 108 Å². The number of nitrogens with two attached hydrogens (primary N) is 1. The summed E-state index contributed by atoms with van der Waals surface area (Å²) in [5, 5.41) is 4.20. The molecule has 1 aliphatic heterocycles. The van der Waals surface area contributed by atoms with E-state index >= 15 is 0 Å². The van der Waals surface area contributed by atoms with Crippen molar-refractivity contribution in [3.8, 4) is 0 Å². The molecular weight excluding hydrogens is 228 g/mol. The van der Waals surface area contributed by atoms with Gasteiger partial charge < -0.3 is 10.6 Å². The smallest absolute Gasteiger partial charge is 0.274 e. The number of carbonyl (C=O) groups is 1. The molecule has 0 bridgehead atoms. The molecule has 1 aliphatic rings. The molecule has 2 heterocycles. The Balaban J connectivity index is 2.18. The summed E-state index contributed by atoms with van der Waals surface area (Å²) in [6, 6.07) is 0. The molecule has 1 atom stereocenters. The van der Waals surface area contributed by atoms with Crippen LogP contribution in [0.5, 0.6) is 0 Å². The summed E-state index contributed by atoms with van der Waals surface area (Å²) in [5.74, 6) is 1.23. The Morgan fingerprint density at radius 1 is 1.50 bits per heavy atom. The first-order valence-corrected chi connectivity index (χ1v) is 6.50. The first-order chi connectivity index (χ1) is 8.41. The molecule has 1 unspecified atom stereocenters. The predicted octanol–water partition coefficient (Wildman–Crippen LogP) is 1.43. The molecule has 1 amide bonds. The SMILES string of the molecule is Cc1nn(C)c(C(=O)N2CCC(C(C)C)C2)c1N. The van der Waals surface area contributed by atoms with Crippen molar-refractivity contribution in [1.82, 2.24) is 14.7 Å². The molecule has 0 aromatic carbocycles. The third kappa shape index (κ3) is 2.09. The normalized spacial score (nSPS) is 19.8. The summed E-state index contributed by atoms with van der Waals surface area (Å²) in [6.07, 6.45) is 1.08. The Kier molecular flexibility index (Phi) is 3.32. The van der Waals surface area contributed by atoms with Crippen LogP contribution in [-0.2, 0) is 7.05 Å². The molecule has 2 N–H and O–H groups in total. The van der Waals surface area contributed by atoms with E-state index in [0.29, 0.717) is 23.2 Å². The molecular formula is C13H22N4O. The third-order valence-corrected chi connectivity index (χ3v) is 3.93. The number of hydrogen-bond donors (Lipinski definition) is 1. The average Bonchev–Trinajstić information content (AvgIpc) is 2.85. The van der Waals surface area contributed by atoms with Crippen LogP contribution < -0.4 is 5.73 Å². The largest absolute Gasteiger partial charge is 0.395 e. The Morgan fingerprint density at radius 2 is 2.17 bits per heavy atom. The van der Waals surface area contributed by atoms with Crippen molar-refractivity contribution in [1.29, 1.82) is 0 Å². The van der Waals surface area contributed by atoms with Gasteiger partial charge in [0.2, 0.25) is 0 Å². The van der Waals surface area contributed by atoms with Crippen LogP contribution in [-0.4, -0.2) is 33.7 Å². The lowest BCUT2D eigenvalue weighted by Gasteiger charge is -2.18. The minimum absolute atomic E-state index is 0.0127. The number of aromatic nitrogens is 2. The molecule has 5 heteroatoms. The third-order valence-electron chi connectivity index (χ3n) is 3.93. The number of nitrogen functional groups attached to an aromatic ring is 1. The van der Waals surface area contributed by atoms with E-state index in [2.05, 4.69) is 18.9 Å². The van der Waals surface area contributed by atoms with E-state index in [1.54, 1.807) is 11.7 Å².